The molecular weight excluding hydrogens is 392 g/mol. The van der Waals surface area contributed by atoms with E-state index in [4.69, 9.17) is 4.74 Å². The third kappa shape index (κ3) is 5.14. The van der Waals surface area contributed by atoms with Crippen LogP contribution in [-0.2, 0) is 21.1 Å². The fourth-order valence-corrected chi connectivity index (χ4v) is 3.89. The quantitative estimate of drug-likeness (QED) is 0.740. The number of ether oxygens (including phenoxy) is 1. The maximum absolute atomic E-state index is 12.7. The number of nitrogens with zero attached hydrogens (tertiary/aromatic N) is 2. The lowest BCUT2D eigenvalue weighted by atomic mass is 10.1. The van der Waals surface area contributed by atoms with Gasteiger partial charge in [0.05, 0.1) is 18.4 Å². The zero-order chi connectivity index (χ0) is 21.0. The van der Waals surface area contributed by atoms with Crippen LogP contribution in [0.1, 0.15) is 15.9 Å². The van der Waals surface area contributed by atoms with Gasteiger partial charge >= 0.3 is 0 Å². The van der Waals surface area contributed by atoms with E-state index in [-0.39, 0.29) is 23.1 Å². The second-order valence-corrected chi connectivity index (χ2v) is 9.01. The van der Waals surface area contributed by atoms with E-state index in [0.717, 1.165) is 11.8 Å². The van der Waals surface area contributed by atoms with E-state index in [1.54, 1.807) is 16.9 Å². The number of rotatable bonds is 5. The van der Waals surface area contributed by atoms with E-state index in [2.05, 4.69) is 0 Å². The molecule has 8 heteroatoms. The van der Waals surface area contributed by atoms with Crippen LogP contribution >= 0.6 is 0 Å². The Balaban J connectivity index is 1.56. The molecule has 0 aliphatic carbocycles. The topological polar surface area (TPSA) is 84.0 Å². The lowest BCUT2D eigenvalue weighted by molar-refractivity contribution is -0.131. The maximum atomic E-state index is 12.7. The number of benzene rings is 2. The molecule has 0 spiro atoms. The highest BCUT2D eigenvalue weighted by atomic mass is 32.2. The van der Waals surface area contributed by atoms with Crippen LogP contribution in [0.5, 0.6) is 5.75 Å². The number of amides is 2. The Bertz CT molecular complexity index is 994. The number of carbonyl (C=O) groups is 2. The summed E-state index contributed by atoms with van der Waals surface area (Å²) in [5.41, 5.74) is 1.33. The molecule has 0 saturated carbocycles. The van der Waals surface area contributed by atoms with Gasteiger partial charge in [-0.05, 0) is 42.0 Å². The minimum absolute atomic E-state index is 0.0165. The van der Waals surface area contributed by atoms with Crippen molar-refractivity contribution in [1.29, 1.82) is 0 Å². The molecule has 1 heterocycles. The first-order chi connectivity index (χ1) is 13.8. The molecule has 0 N–H and O–H groups in total. The number of methoxy groups -OCH3 is 1. The number of hydrogen-bond acceptors (Lipinski definition) is 5. The number of carbonyl (C=O) groups excluding carboxylic acids is 2. The second-order valence-electron chi connectivity index (χ2n) is 7.00. The first kappa shape index (κ1) is 20.9. The predicted octanol–water partition coefficient (Wildman–Crippen LogP) is 1.63. The van der Waals surface area contributed by atoms with E-state index < -0.39 is 9.84 Å². The van der Waals surface area contributed by atoms with Gasteiger partial charge in [0, 0.05) is 38.0 Å². The molecule has 2 amide bonds. The lowest BCUT2D eigenvalue weighted by Crippen LogP contribution is -2.51. The van der Waals surface area contributed by atoms with Crippen molar-refractivity contribution in [2.24, 2.45) is 0 Å². The largest absolute Gasteiger partial charge is 0.497 e. The third-order valence-corrected chi connectivity index (χ3v) is 6.07. The van der Waals surface area contributed by atoms with Crippen LogP contribution in [0.25, 0.3) is 0 Å². The summed E-state index contributed by atoms with van der Waals surface area (Å²) in [5.74, 6) is 0.570. The van der Waals surface area contributed by atoms with Crippen LogP contribution in [0.3, 0.4) is 0 Å². The fraction of sp³-hybridized carbons (Fsp3) is 0.333. The number of piperazine rings is 1. The molecule has 2 aromatic carbocycles. The van der Waals surface area contributed by atoms with Crippen LogP contribution in [0.4, 0.5) is 0 Å². The first-order valence-corrected chi connectivity index (χ1v) is 11.2. The predicted molar refractivity (Wildman–Crippen MR) is 109 cm³/mol. The van der Waals surface area contributed by atoms with Gasteiger partial charge in [0.25, 0.3) is 5.91 Å². The normalized spacial score (nSPS) is 14.6. The highest BCUT2D eigenvalue weighted by Crippen LogP contribution is 2.16. The Kier molecular flexibility index (Phi) is 6.22. The summed E-state index contributed by atoms with van der Waals surface area (Å²) >= 11 is 0. The van der Waals surface area contributed by atoms with Crippen LogP contribution in [0.2, 0.25) is 0 Å². The zero-order valence-corrected chi connectivity index (χ0v) is 17.3. The van der Waals surface area contributed by atoms with Gasteiger partial charge in [0.15, 0.2) is 9.84 Å². The smallest absolute Gasteiger partial charge is 0.253 e. The fourth-order valence-electron chi connectivity index (χ4n) is 3.26. The molecule has 1 aliphatic heterocycles. The standard InChI is InChI=1S/C21H24N2O5S/c1-28-18-5-3-4-16(14-18)15-20(24)22-10-12-23(13-11-22)21(25)17-6-8-19(9-7-17)29(2,26)27/h3-9,14H,10-13,15H2,1-2H3. The summed E-state index contributed by atoms with van der Waals surface area (Å²) < 4.78 is 28.3. The van der Waals surface area contributed by atoms with Crippen LogP contribution in [0.15, 0.2) is 53.4 Å². The molecule has 1 fully saturated rings. The van der Waals surface area contributed by atoms with Crippen LogP contribution < -0.4 is 4.74 Å². The van der Waals surface area contributed by atoms with Gasteiger partial charge in [0.1, 0.15) is 5.75 Å². The summed E-state index contributed by atoms with van der Waals surface area (Å²) in [5, 5.41) is 0. The van der Waals surface area contributed by atoms with E-state index in [1.807, 2.05) is 24.3 Å². The Hall–Kier alpha value is -2.87. The van der Waals surface area contributed by atoms with Crippen molar-refractivity contribution < 1.29 is 22.7 Å². The van der Waals surface area contributed by atoms with E-state index in [1.165, 1.54) is 24.3 Å². The Morgan fingerprint density at radius 3 is 2.17 bits per heavy atom. The van der Waals surface area contributed by atoms with Crippen molar-refractivity contribution in [3.8, 4) is 5.75 Å². The summed E-state index contributed by atoms with van der Waals surface area (Å²) in [6.45, 7) is 1.82. The van der Waals surface area contributed by atoms with Crippen molar-refractivity contribution in [2.75, 3.05) is 39.5 Å². The molecule has 29 heavy (non-hydrogen) atoms. The van der Waals surface area contributed by atoms with Crippen molar-refractivity contribution in [3.63, 3.8) is 0 Å². The molecule has 3 rings (SSSR count). The molecule has 0 atom stereocenters. The van der Waals surface area contributed by atoms with Crippen LogP contribution in [0, 0.1) is 0 Å². The van der Waals surface area contributed by atoms with Gasteiger partial charge < -0.3 is 14.5 Å². The van der Waals surface area contributed by atoms with Gasteiger partial charge in [-0.25, -0.2) is 8.42 Å². The van der Waals surface area contributed by atoms with Crippen LogP contribution in [-0.4, -0.2) is 69.6 Å². The van der Waals surface area contributed by atoms with Gasteiger partial charge in [-0.2, -0.15) is 0 Å². The highest BCUT2D eigenvalue weighted by molar-refractivity contribution is 7.90. The maximum Gasteiger partial charge on any atom is 0.253 e. The molecule has 7 nitrogen and oxygen atoms in total. The van der Waals surface area contributed by atoms with Gasteiger partial charge in [0.2, 0.25) is 5.91 Å². The minimum atomic E-state index is -3.29. The minimum Gasteiger partial charge on any atom is -0.497 e. The Labute approximate surface area is 170 Å². The SMILES string of the molecule is COc1cccc(CC(=O)N2CCN(C(=O)c3ccc(S(C)(=O)=O)cc3)CC2)c1. The second kappa shape index (κ2) is 8.65. The van der Waals surface area contributed by atoms with Crippen molar-refractivity contribution in [1.82, 2.24) is 9.80 Å². The summed E-state index contributed by atoms with van der Waals surface area (Å²) in [6, 6.07) is 13.4. The molecule has 0 radical (unpaired) electrons. The molecule has 0 unspecified atom stereocenters. The van der Waals surface area contributed by atoms with Crippen molar-refractivity contribution in [3.05, 3.63) is 59.7 Å². The molecule has 1 aliphatic rings. The average molecular weight is 416 g/mol. The summed E-state index contributed by atoms with van der Waals surface area (Å²) in [7, 11) is -1.71. The molecule has 0 bridgehead atoms. The van der Waals surface area contributed by atoms with E-state index in [0.29, 0.717) is 37.5 Å². The van der Waals surface area contributed by atoms with E-state index >= 15 is 0 Å². The Morgan fingerprint density at radius 2 is 1.59 bits per heavy atom. The lowest BCUT2D eigenvalue weighted by Gasteiger charge is -2.35. The monoisotopic (exact) mass is 416 g/mol. The van der Waals surface area contributed by atoms with Crippen molar-refractivity contribution in [2.45, 2.75) is 11.3 Å². The summed E-state index contributed by atoms with van der Waals surface area (Å²) in [6.07, 6.45) is 1.42. The molecule has 1 saturated heterocycles. The van der Waals surface area contributed by atoms with E-state index in [9.17, 15) is 18.0 Å². The molecule has 154 valence electrons. The number of hydrogen-bond donors (Lipinski definition) is 0. The van der Waals surface area contributed by atoms with Gasteiger partial charge in [-0.1, -0.05) is 12.1 Å². The first-order valence-electron chi connectivity index (χ1n) is 9.28. The highest BCUT2D eigenvalue weighted by Gasteiger charge is 2.25. The molecular formula is C21H24N2O5S. The average Bonchev–Trinajstić information content (AvgIpc) is 2.73. The third-order valence-electron chi connectivity index (χ3n) is 4.94. The van der Waals surface area contributed by atoms with Gasteiger partial charge in [-0.3, -0.25) is 9.59 Å². The molecule has 2 aromatic rings. The zero-order valence-electron chi connectivity index (χ0n) is 16.5. The van der Waals surface area contributed by atoms with Crippen molar-refractivity contribution >= 4 is 21.7 Å². The molecule has 0 aromatic heterocycles. The van der Waals surface area contributed by atoms with Gasteiger partial charge in [-0.15, -0.1) is 0 Å². The number of sulfone groups is 1. The summed E-state index contributed by atoms with van der Waals surface area (Å²) in [4.78, 5) is 28.9. The Morgan fingerprint density at radius 1 is 0.966 bits per heavy atom.